The third-order valence-electron chi connectivity index (χ3n) is 8.50. The molecule has 0 aliphatic heterocycles. The van der Waals surface area contributed by atoms with Crippen LogP contribution in [0.3, 0.4) is 0 Å². The summed E-state index contributed by atoms with van der Waals surface area (Å²) < 4.78 is 13.0. The predicted octanol–water partition coefficient (Wildman–Crippen LogP) is 7.05. The van der Waals surface area contributed by atoms with Crippen molar-refractivity contribution in [2.45, 2.75) is 74.7 Å². The molecule has 4 aromatic carbocycles. The van der Waals surface area contributed by atoms with Gasteiger partial charge in [0.15, 0.2) is 19.5 Å². The van der Waals surface area contributed by atoms with Gasteiger partial charge in [0, 0.05) is 18.3 Å². The van der Waals surface area contributed by atoms with Crippen molar-refractivity contribution in [2.75, 3.05) is 0 Å². The molecule has 4 aromatic rings. The molecule has 0 spiro atoms. The molecule has 2 atom stereocenters. The SMILES string of the molecule is CC(C)([SiH2]OC(C=O)CC(CC(=O)O)O[SiH2]C(C)(C)C(c1ccccc1)c1ccccc1)C(c1ccccc1)c1ccccc1. The minimum Gasteiger partial charge on any atom is -0.481 e. The van der Waals surface area contributed by atoms with Crippen LogP contribution in [0.2, 0.25) is 10.1 Å². The summed E-state index contributed by atoms with van der Waals surface area (Å²) in [6, 6.07) is 41.6. The predicted molar refractivity (Wildman–Crippen MR) is 187 cm³/mol. The zero-order valence-electron chi connectivity index (χ0n) is 26.8. The van der Waals surface area contributed by atoms with Crippen LogP contribution in [-0.4, -0.2) is 49.1 Å². The Morgan fingerprint density at radius 1 is 0.644 bits per heavy atom. The van der Waals surface area contributed by atoms with Crippen LogP contribution in [0, 0.1) is 0 Å². The van der Waals surface area contributed by atoms with Crippen LogP contribution in [0.15, 0.2) is 121 Å². The quantitative estimate of drug-likeness (QED) is 0.0992. The molecule has 236 valence electrons. The summed E-state index contributed by atoms with van der Waals surface area (Å²) in [6.07, 6.45) is -0.439. The molecule has 0 saturated carbocycles. The molecule has 7 heteroatoms. The Kier molecular flexibility index (Phi) is 12.2. The maximum absolute atomic E-state index is 12.3. The number of carboxylic acids is 1. The first-order valence-electron chi connectivity index (χ1n) is 15.7. The van der Waals surface area contributed by atoms with Crippen molar-refractivity contribution in [2.24, 2.45) is 0 Å². The average Bonchev–Trinajstić information content (AvgIpc) is 3.03. The number of rotatable bonds is 17. The lowest BCUT2D eigenvalue weighted by Gasteiger charge is -2.37. The summed E-state index contributed by atoms with van der Waals surface area (Å²) in [5, 5.41) is 9.31. The largest absolute Gasteiger partial charge is 0.481 e. The molecule has 0 aromatic heterocycles. The standard InChI is InChI=1S/C38H46O5Si2/c1-37(2,35(28-17-9-5-10-18-28)29-19-11-6-12-20-29)44-42-32(26-34(40)41)25-33(27-39)43-45-38(3,4)36(30-21-13-7-14-22-30)31-23-15-8-16-24-31/h5-24,27,32-33,35-36H,25-26,44-45H2,1-4H3,(H,40,41). The second-order valence-corrected chi connectivity index (χ2v) is 18.1. The lowest BCUT2D eigenvalue weighted by molar-refractivity contribution is -0.139. The maximum Gasteiger partial charge on any atom is 0.305 e. The molecule has 5 nitrogen and oxygen atoms in total. The highest BCUT2D eigenvalue weighted by molar-refractivity contribution is 6.33. The first-order valence-corrected chi connectivity index (χ1v) is 18.3. The summed E-state index contributed by atoms with van der Waals surface area (Å²) in [5.41, 5.74) is 4.82. The van der Waals surface area contributed by atoms with Gasteiger partial charge in [-0.05, 0) is 32.3 Å². The van der Waals surface area contributed by atoms with Gasteiger partial charge in [0.1, 0.15) is 12.4 Å². The van der Waals surface area contributed by atoms with Gasteiger partial charge in [0.05, 0.1) is 12.5 Å². The highest BCUT2D eigenvalue weighted by atomic mass is 28.2. The Hall–Kier alpha value is -3.63. The van der Waals surface area contributed by atoms with E-state index in [4.69, 9.17) is 8.85 Å². The number of carbonyl (C=O) groups is 2. The molecule has 0 amide bonds. The number of carbonyl (C=O) groups excluding carboxylic acids is 1. The van der Waals surface area contributed by atoms with Gasteiger partial charge < -0.3 is 18.8 Å². The van der Waals surface area contributed by atoms with Gasteiger partial charge in [-0.2, -0.15) is 0 Å². The molecular weight excluding hydrogens is 593 g/mol. The monoisotopic (exact) mass is 638 g/mol. The van der Waals surface area contributed by atoms with Crippen molar-refractivity contribution in [1.82, 2.24) is 0 Å². The zero-order valence-corrected chi connectivity index (χ0v) is 29.7. The molecule has 0 radical (unpaired) electrons. The van der Waals surface area contributed by atoms with Crippen molar-refractivity contribution >= 4 is 31.8 Å². The van der Waals surface area contributed by atoms with Crippen molar-refractivity contribution in [3.05, 3.63) is 144 Å². The van der Waals surface area contributed by atoms with Crippen LogP contribution in [-0.2, 0) is 18.4 Å². The maximum atomic E-state index is 12.3. The fourth-order valence-corrected chi connectivity index (χ4v) is 9.47. The minimum atomic E-state index is -1.28. The summed E-state index contributed by atoms with van der Waals surface area (Å²) in [7, 11) is -2.56. The van der Waals surface area contributed by atoms with Crippen LogP contribution in [0.25, 0.3) is 0 Å². The fourth-order valence-electron chi connectivity index (χ4n) is 6.42. The van der Waals surface area contributed by atoms with E-state index in [2.05, 4.69) is 125 Å². The Morgan fingerprint density at radius 2 is 0.978 bits per heavy atom. The Bertz CT molecular complexity index is 1380. The van der Waals surface area contributed by atoms with Crippen LogP contribution >= 0.6 is 0 Å². The van der Waals surface area contributed by atoms with Gasteiger partial charge in [-0.3, -0.25) is 4.79 Å². The van der Waals surface area contributed by atoms with Crippen LogP contribution in [0.5, 0.6) is 0 Å². The van der Waals surface area contributed by atoms with E-state index in [9.17, 15) is 14.7 Å². The van der Waals surface area contributed by atoms with Gasteiger partial charge in [0.25, 0.3) is 0 Å². The average molecular weight is 639 g/mol. The van der Waals surface area contributed by atoms with Crippen molar-refractivity contribution in [3.8, 4) is 0 Å². The molecule has 45 heavy (non-hydrogen) atoms. The normalized spacial score (nSPS) is 14.0. The van der Waals surface area contributed by atoms with Crippen molar-refractivity contribution < 1.29 is 23.5 Å². The van der Waals surface area contributed by atoms with Crippen molar-refractivity contribution in [3.63, 3.8) is 0 Å². The van der Waals surface area contributed by atoms with Crippen LogP contribution in [0.4, 0.5) is 0 Å². The van der Waals surface area contributed by atoms with Gasteiger partial charge in [-0.1, -0.05) is 149 Å². The number of aliphatic carboxylic acids is 1. The Balaban J connectivity index is 1.48. The second kappa shape index (κ2) is 16.1. The number of carboxylic acid groups (broad SMARTS) is 1. The summed E-state index contributed by atoms with van der Waals surface area (Å²) >= 11 is 0. The van der Waals surface area contributed by atoms with Crippen molar-refractivity contribution in [1.29, 1.82) is 0 Å². The van der Waals surface area contributed by atoms with E-state index in [0.29, 0.717) is 0 Å². The topological polar surface area (TPSA) is 72.8 Å². The van der Waals surface area contributed by atoms with Gasteiger partial charge >= 0.3 is 5.97 Å². The third kappa shape index (κ3) is 9.68. The molecule has 0 heterocycles. The summed E-state index contributed by atoms with van der Waals surface area (Å²) in [6.45, 7) is 8.83. The highest BCUT2D eigenvalue weighted by Gasteiger charge is 2.36. The molecule has 1 N–H and O–H groups in total. The Morgan fingerprint density at radius 3 is 1.29 bits per heavy atom. The van der Waals surface area contributed by atoms with Gasteiger partial charge in [-0.25, -0.2) is 0 Å². The number of aldehydes is 1. The number of benzene rings is 4. The van der Waals surface area contributed by atoms with Crippen LogP contribution < -0.4 is 0 Å². The van der Waals surface area contributed by atoms with E-state index in [1.807, 2.05) is 24.3 Å². The molecule has 4 rings (SSSR count). The molecule has 0 fully saturated rings. The smallest absolute Gasteiger partial charge is 0.305 e. The number of hydrogen-bond acceptors (Lipinski definition) is 4. The van der Waals surface area contributed by atoms with E-state index in [0.717, 1.165) is 6.29 Å². The first-order chi connectivity index (χ1) is 21.6. The molecule has 0 saturated heterocycles. The van der Waals surface area contributed by atoms with E-state index >= 15 is 0 Å². The Labute approximate surface area is 272 Å². The van der Waals surface area contributed by atoms with Gasteiger partial charge in [-0.15, -0.1) is 0 Å². The summed E-state index contributed by atoms with van der Waals surface area (Å²) in [4.78, 5) is 24.3. The molecular formula is C38H46O5Si2. The first kappa shape index (κ1) is 34.3. The fraction of sp³-hybridized carbons (Fsp3) is 0.316. The lowest BCUT2D eigenvalue weighted by atomic mass is 9.82. The number of hydrogen-bond donors (Lipinski definition) is 1. The van der Waals surface area contributed by atoms with E-state index in [1.54, 1.807) is 0 Å². The second-order valence-electron chi connectivity index (χ2n) is 13.2. The molecule has 0 aliphatic carbocycles. The molecule has 0 bridgehead atoms. The van der Waals surface area contributed by atoms with Gasteiger partial charge in [0.2, 0.25) is 0 Å². The van der Waals surface area contributed by atoms with E-state index in [-0.39, 0.29) is 34.8 Å². The lowest BCUT2D eigenvalue weighted by Crippen LogP contribution is -2.34. The van der Waals surface area contributed by atoms with E-state index in [1.165, 1.54) is 22.3 Å². The summed E-state index contributed by atoms with van der Waals surface area (Å²) in [5.74, 6) is -0.743. The third-order valence-corrected chi connectivity index (χ3v) is 12.0. The minimum absolute atomic E-state index is 0.0938. The zero-order chi connectivity index (χ0) is 32.3. The molecule has 2 unspecified atom stereocenters. The highest BCUT2D eigenvalue weighted by Crippen LogP contribution is 2.47. The van der Waals surface area contributed by atoms with Crippen LogP contribution in [0.1, 0.15) is 74.6 Å². The molecule has 0 aliphatic rings. The van der Waals surface area contributed by atoms with E-state index < -0.39 is 37.7 Å².